The molecule has 2 N–H and O–H groups in total. The predicted molar refractivity (Wildman–Crippen MR) is 76.2 cm³/mol. The zero-order valence-corrected chi connectivity index (χ0v) is 12.5. The van der Waals surface area contributed by atoms with Crippen molar-refractivity contribution in [2.24, 2.45) is 5.73 Å². The summed E-state index contributed by atoms with van der Waals surface area (Å²) >= 11 is 0. The van der Waals surface area contributed by atoms with Crippen molar-refractivity contribution in [3.63, 3.8) is 0 Å². The zero-order chi connectivity index (χ0) is 15.2. The minimum absolute atomic E-state index is 0.0994. The first-order chi connectivity index (χ1) is 10.1. The van der Waals surface area contributed by atoms with Gasteiger partial charge in [-0.05, 0) is 32.7 Å². The fourth-order valence-corrected chi connectivity index (χ4v) is 2.39. The van der Waals surface area contributed by atoms with Gasteiger partial charge >= 0.3 is 5.97 Å². The lowest BCUT2D eigenvalue weighted by Gasteiger charge is -2.10. The van der Waals surface area contributed by atoms with E-state index in [2.05, 4.69) is 10.3 Å². The summed E-state index contributed by atoms with van der Waals surface area (Å²) in [6, 6.07) is 0. The highest BCUT2D eigenvalue weighted by Gasteiger charge is 2.28. The van der Waals surface area contributed by atoms with Crippen molar-refractivity contribution >= 4 is 5.97 Å². The molecule has 2 heterocycles. The van der Waals surface area contributed by atoms with E-state index >= 15 is 0 Å². The Kier molecular flexibility index (Phi) is 5.32. The largest absolute Gasteiger partial charge is 0.492 e. The molecule has 1 aromatic heterocycles. The molecule has 7 heteroatoms. The topological polar surface area (TPSA) is 92.3 Å². The summed E-state index contributed by atoms with van der Waals surface area (Å²) in [5, 5.41) is 8.22. The maximum atomic E-state index is 11.6. The Labute approximate surface area is 124 Å². The van der Waals surface area contributed by atoms with Crippen LogP contribution in [0.1, 0.15) is 31.9 Å². The smallest absolute Gasteiger partial charge is 0.337 e. The van der Waals surface area contributed by atoms with E-state index in [9.17, 15) is 4.79 Å². The molecule has 116 valence electrons. The third-order valence-electron chi connectivity index (χ3n) is 3.50. The molecule has 1 unspecified atom stereocenters. The molecule has 0 saturated heterocycles. The number of nitrogens with two attached hydrogens (primary N) is 1. The van der Waals surface area contributed by atoms with Crippen LogP contribution in [0.4, 0.5) is 0 Å². The molecule has 1 atom stereocenters. The molecule has 1 aliphatic rings. The van der Waals surface area contributed by atoms with Gasteiger partial charge in [0, 0.05) is 12.6 Å². The van der Waals surface area contributed by atoms with Gasteiger partial charge in [-0.15, -0.1) is 5.10 Å². The number of aryl methyl sites for hydroxylation is 1. The maximum Gasteiger partial charge on any atom is 0.337 e. The number of aromatic nitrogens is 3. The van der Waals surface area contributed by atoms with Crippen LogP contribution in [0.15, 0.2) is 17.5 Å². The van der Waals surface area contributed by atoms with Crippen molar-refractivity contribution in [1.82, 2.24) is 15.0 Å². The average Bonchev–Trinajstić information content (AvgIpc) is 3.05. The highest BCUT2D eigenvalue weighted by molar-refractivity contribution is 5.89. The zero-order valence-electron chi connectivity index (χ0n) is 12.5. The van der Waals surface area contributed by atoms with Gasteiger partial charge in [0.15, 0.2) is 0 Å². The van der Waals surface area contributed by atoms with Gasteiger partial charge in [0.05, 0.1) is 24.9 Å². The Balaban J connectivity index is 1.85. The van der Waals surface area contributed by atoms with Crippen LogP contribution in [0, 0.1) is 0 Å². The highest BCUT2D eigenvalue weighted by atomic mass is 16.5. The molecule has 1 aliphatic heterocycles. The molecule has 1 aromatic rings. The summed E-state index contributed by atoms with van der Waals surface area (Å²) in [5.41, 5.74) is 7.03. The molecule has 0 aromatic carbocycles. The number of carbonyl (C=O) groups is 1. The van der Waals surface area contributed by atoms with Crippen LogP contribution in [0.25, 0.3) is 0 Å². The Morgan fingerprint density at radius 2 is 2.38 bits per heavy atom. The van der Waals surface area contributed by atoms with E-state index in [-0.39, 0.29) is 12.1 Å². The number of hydrogen-bond acceptors (Lipinski definition) is 6. The molecule has 0 saturated carbocycles. The normalized spacial score (nSPS) is 18.0. The van der Waals surface area contributed by atoms with E-state index in [4.69, 9.17) is 15.2 Å². The van der Waals surface area contributed by atoms with Crippen LogP contribution in [-0.2, 0) is 27.2 Å². The first-order valence-electron chi connectivity index (χ1n) is 7.17. The highest BCUT2D eigenvalue weighted by Crippen LogP contribution is 2.26. The van der Waals surface area contributed by atoms with Crippen LogP contribution in [0.3, 0.4) is 0 Å². The van der Waals surface area contributed by atoms with Crippen molar-refractivity contribution in [2.75, 3.05) is 13.7 Å². The number of methoxy groups -OCH3 is 1. The molecule has 0 radical (unpaired) electrons. The molecule has 7 nitrogen and oxygen atoms in total. The van der Waals surface area contributed by atoms with Gasteiger partial charge in [-0.25, -0.2) is 9.48 Å². The van der Waals surface area contributed by atoms with E-state index in [1.54, 1.807) is 11.6 Å². The van der Waals surface area contributed by atoms with Gasteiger partial charge in [-0.2, -0.15) is 0 Å². The summed E-state index contributed by atoms with van der Waals surface area (Å²) in [5.74, 6) is 0.311. The van der Waals surface area contributed by atoms with Gasteiger partial charge in [0.1, 0.15) is 11.9 Å². The lowest BCUT2D eigenvalue weighted by Crippen LogP contribution is -2.17. The van der Waals surface area contributed by atoms with E-state index in [0.29, 0.717) is 30.8 Å². The molecule has 21 heavy (non-hydrogen) atoms. The number of rotatable bonds is 7. The predicted octanol–water partition coefficient (Wildman–Crippen LogP) is 0.795. The molecule has 2 rings (SSSR count). The van der Waals surface area contributed by atoms with E-state index in [1.165, 1.54) is 7.11 Å². The number of esters is 1. The van der Waals surface area contributed by atoms with Crippen LogP contribution < -0.4 is 5.73 Å². The molecule has 0 amide bonds. The fraction of sp³-hybridized carbons (Fsp3) is 0.643. The molecule has 0 bridgehead atoms. The number of nitrogens with zero attached hydrogens (tertiary/aromatic N) is 3. The Morgan fingerprint density at radius 1 is 1.57 bits per heavy atom. The van der Waals surface area contributed by atoms with Crippen molar-refractivity contribution in [3.05, 3.63) is 23.2 Å². The van der Waals surface area contributed by atoms with E-state index < -0.39 is 0 Å². The number of hydrogen-bond donors (Lipinski definition) is 1. The van der Waals surface area contributed by atoms with Crippen LogP contribution in [-0.4, -0.2) is 40.7 Å². The lowest BCUT2D eigenvalue weighted by atomic mass is 10.1. The molecular weight excluding hydrogens is 272 g/mol. The minimum Gasteiger partial charge on any atom is -0.492 e. The standard InChI is InChI=1S/C14H22N4O3/c1-10-13(14(19)20-2)7-12(21-10)9-18-8-11(16-17-18)5-3-4-6-15/h8,12H,3-7,9,15H2,1-2H3. The second-order valence-corrected chi connectivity index (χ2v) is 5.15. The van der Waals surface area contributed by atoms with Crippen LogP contribution in [0.2, 0.25) is 0 Å². The summed E-state index contributed by atoms with van der Waals surface area (Å²) < 4.78 is 12.2. The number of ether oxygens (including phenoxy) is 2. The van der Waals surface area contributed by atoms with Gasteiger partial charge in [0.25, 0.3) is 0 Å². The minimum atomic E-state index is -0.323. The van der Waals surface area contributed by atoms with Crippen molar-refractivity contribution in [1.29, 1.82) is 0 Å². The summed E-state index contributed by atoms with van der Waals surface area (Å²) in [6.07, 6.45) is 5.25. The quantitative estimate of drug-likeness (QED) is 0.590. The monoisotopic (exact) mass is 294 g/mol. The first kappa shape index (κ1) is 15.5. The second kappa shape index (κ2) is 7.21. The van der Waals surface area contributed by atoms with Gasteiger partial charge in [-0.3, -0.25) is 0 Å². The summed E-state index contributed by atoms with van der Waals surface area (Å²) in [4.78, 5) is 11.6. The average molecular weight is 294 g/mol. The van der Waals surface area contributed by atoms with Crippen molar-refractivity contribution in [3.8, 4) is 0 Å². The van der Waals surface area contributed by atoms with E-state index in [0.717, 1.165) is 25.0 Å². The van der Waals surface area contributed by atoms with Crippen LogP contribution >= 0.6 is 0 Å². The van der Waals surface area contributed by atoms with Crippen molar-refractivity contribution in [2.45, 2.75) is 45.3 Å². The third-order valence-corrected chi connectivity index (χ3v) is 3.50. The number of unbranched alkanes of at least 4 members (excludes halogenated alkanes) is 1. The van der Waals surface area contributed by atoms with E-state index in [1.807, 2.05) is 6.20 Å². The van der Waals surface area contributed by atoms with Gasteiger partial charge in [0.2, 0.25) is 0 Å². The summed E-state index contributed by atoms with van der Waals surface area (Å²) in [7, 11) is 1.38. The van der Waals surface area contributed by atoms with Crippen molar-refractivity contribution < 1.29 is 14.3 Å². The van der Waals surface area contributed by atoms with Gasteiger partial charge < -0.3 is 15.2 Å². The number of allylic oxidation sites excluding steroid dienone is 1. The molecule has 0 fully saturated rings. The third kappa shape index (κ3) is 4.04. The SMILES string of the molecule is COC(=O)C1=C(C)OC(Cn2cc(CCCCN)nn2)C1. The molecule has 0 spiro atoms. The Hall–Kier alpha value is -1.89. The fourth-order valence-electron chi connectivity index (χ4n) is 2.39. The van der Waals surface area contributed by atoms with Gasteiger partial charge in [-0.1, -0.05) is 5.21 Å². The summed E-state index contributed by atoms with van der Waals surface area (Å²) in [6.45, 7) is 3.05. The lowest BCUT2D eigenvalue weighted by molar-refractivity contribution is -0.136. The van der Waals surface area contributed by atoms with Crippen LogP contribution in [0.5, 0.6) is 0 Å². The number of carbonyl (C=O) groups excluding carboxylic acids is 1. The Morgan fingerprint density at radius 3 is 3.10 bits per heavy atom. The Bertz CT molecular complexity index is 524. The molecule has 0 aliphatic carbocycles. The maximum absolute atomic E-state index is 11.6. The molecular formula is C14H22N4O3. The first-order valence-corrected chi connectivity index (χ1v) is 7.17. The second-order valence-electron chi connectivity index (χ2n) is 5.15.